The Labute approximate surface area is 441 Å². The summed E-state index contributed by atoms with van der Waals surface area (Å²) in [6, 6.07) is 22.6. The average Bonchev–Trinajstić information content (AvgIpc) is 3.85. The van der Waals surface area contributed by atoms with E-state index in [9.17, 15) is 29.7 Å². The van der Waals surface area contributed by atoms with Gasteiger partial charge in [0.05, 0.1) is 24.5 Å². The zero-order valence-corrected chi connectivity index (χ0v) is 43.0. The highest BCUT2D eigenvalue weighted by Gasteiger charge is 2.25. The molecule has 0 radical (unpaired) electrons. The van der Waals surface area contributed by atoms with Crippen molar-refractivity contribution in [2.24, 2.45) is 0 Å². The van der Waals surface area contributed by atoms with Gasteiger partial charge >= 0.3 is 5.97 Å². The van der Waals surface area contributed by atoms with Crippen LogP contribution in [0.2, 0.25) is 0 Å². The topological polar surface area (TPSA) is 306 Å². The van der Waals surface area contributed by atoms with Gasteiger partial charge < -0.3 is 46.4 Å². The van der Waals surface area contributed by atoms with Crippen molar-refractivity contribution >= 4 is 57.2 Å². The molecule has 0 unspecified atom stereocenters. The Morgan fingerprint density at radius 3 is 1.61 bits per heavy atom. The zero-order chi connectivity index (χ0) is 55.2. The molecule has 0 saturated carbocycles. The van der Waals surface area contributed by atoms with Crippen molar-refractivity contribution in [3.63, 3.8) is 0 Å². The number of aromatic nitrogens is 10. The minimum absolute atomic E-state index is 0.222. The Hall–Kier alpha value is -8.74. The highest BCUT2D eigenvalue weighted by atomic mass is 16.4. The number of carbonyl (C=O) groups excluding carboxylic acids is 1. The first-order valence-electron chi connectivity index (χ1n) is 24.6. The van der Waals surface area contributed by atoms with Crippen molar-refractivity contribution in [3.8, 4) is 11.6 Å². The number of fused-ring (bicyclic) bond motifs is 4. The number of allylic oxidation sites excluding steroid dienone is 2. The van der Waals surface area contributed by atoms with E-state index in [1.54, 1.807) is 90.5 Å². The Bertz CT molecular complexity index is 3640. The molecule has 8 heterocycles. The summed E-state index contributed by atoms with van der Waals surface area (Å²) in [5.41, 5.74) is 5.19. The second kappa shape index (κ2) is 23.0. The van der Waals surface area contributed by atoms with Crippen LogP contribution in [0, 0.1) is 0 Å². The third-order valence-corrected chi connectivity index (χ3v) is 12.6. The summed E-state index contributed by atoms with van der Waals surface area (Å²) in [5, 5.41) is 55.7. The molecule has 400 valence electrons. The second-order valence-electron chi connectivity index (χ2n) is 19.1. The van der Waals surface area contributed by atoms with Crippen molar-refractivity contribution in [1.29, 1.82) is 0 Å². The van der Waals surface area contributed by atoms with E-state index in [-0.39, 0.29) is 36.1 Å². The molecule has 0 aliphatic carbocycles. The van der Waals surface area contributed by atoms with Crippen molar-refractivity contribution in [3.05, 3.63) is 165 Å². The molecule has 10 rings (SSSR count). The van der Waals surface area contributed by atoms with Gasteiger partial charge in [-0.1, -0.05) is 36.4 Å². The number of carboxylic acid groups (broad SMARTS) is 1. The Morgan fingerprint density at radius 2 is 1.16 bits per heavy atom. The van der Waals surface area contributed by atoms with E-state index >= 15 is 0 Å². The molecule has 8 N–H and O–H groups in total. The Balaban J connectivity index is 0.000000188. The van der Waals surface area contributed by atoms with Crippen LogP contribution < -0.4 is 27.1 Å². The number of carbonyl (C=O) groups is 2. The highest BCUT2D eigenvalue weighted by molar-refractivity contribution is 5.79. The van der Waals surface area contributed by atoms with Crippen LogP contribution in [-0.2, 0) is 59.8 Å². The molecular formula is C54H60N14O9. The molecule has 8 aromatic rings. The number of carboxylic acids is 1. The van der Waals surface area contributed by atoms with E-state index in [2.05, 4.69) is 71.1 Å². The maximum absolute atomic E-state index is 13.2. The lowest BCUT2D eigenvalue weighted by atomic mass is 9.99. The van der Waals surface area contributed by atoms with Gasteiger partial charge in [-0.05, 0) is 118 Å². The summed E-state index contributed by atoms with van der Waals surface area (Å²) >= 11 is 0. The normalized spacial score (nSPS) is 13.1. The van der Waals surface area contributed by atoms with E-state index in [4.69, 9.17) is 15.0 Å². The van der Waals surface area contributed by atoms with E-state index < -0.39 is 30.4 Å². The number of hydrogen-bond donors (Lipinski definition) is 8. The van der Waals surface area contributed by atoms with Gasteiger partial charge in [0, 0.05) is 43.4 Å². The highest BCUT2D eigenvalue weighted by Crippen LogP contribution is 2.27. The van der Waals surface area contributed by atoms with Crippen LogP contribution in [0.5, 0.6) is 0 Å². The first-order chi connectivity index (χ1) is 36.8. The maximum atomic E-state index is 13.2. The number of anilines is 4. The minimum Gasteiger partial charge on any atom is -0.480 e. The Kier molecular flexibility index (Phi) is 16.3. The van der Waals surface area contributed by atoms with Gasteiger partial charge in [0.2, 0.25) is 17.8 Å². The van der Waals surface area contributed by atoms with Crippen molar-refractivity contribution < 1.29 is 35.1 Å². The molecule has 2 aliphatic rings. The number of aliphatic hydroxyl groups excluding tert-OH is 2. The molecule has 0 saturated heterocycles. The lowest BCUT2D eigenvalue weighted by Crippen LogP contribution is -2.37. The first-order valence-corrected chi connectivity index (χ1v) is 24.6. The van der Waals surface area contributed by atoms with E-state index in [1.165, 1.54) is 32.9 Å². The van der Waals surface area contributed by atoms with E-state index in [1.807, 2.05) is 24.3 Å². The summed E-state index contributed by atoms with van der Waals surface area (Å²) in [5.74, 6) is 0.0554. The number of benzene rings is 2. The van der Waals surface area contributed by atoms with Crippen LogP contribution in [0.3, 0.4) is 0 Å². The van der Waals surface area contributed by atoms with Gasteiger partial charge in [-0.25, -0.2) is 43.5 Å². The number of amides is 1. The van der Waals surface area contributed by atoms with Crippen LogP contribution >= 0.6 is 0 Å². The zero-order valence-electron chi connectivity index (χ0n) is 43.0. The number of pyridine rings is 2. The van der Waals surface area contributed by atoms with E-state index in [0.717, 1.165) is 42.0 Å². The summed E-state index contributed by atoms with van der Waals surface area (Å²) in [4.78, 5) is 76.4. The largest absolute Gasteiger partial charge is 0.480 e. The molecule has 1 amide bonds. The third kappa shape index (κ3) is 12.2. The molecule has 6 aromatic heterocycles. The Morgan fingerprint density at radius 1 is 0.675 bits per heavy atom. The standard InChI is InChI=1S/C27H29N7O4.C25H27N7O2.C2H4O3/c1-4-11-33-25(37)20-14-28-26(31-24(20)34(33)22-7-5-6-21(30-22)27(2,3)38)29-19-9-8-17-10-12-32(23(36)16-35)15-18(17)13-19;1-4-12-31-23(33)19-15-27-24(28-18-9-8-16-10-11-26-14-17(16)13-18)30-22(19)32(31)21-7-5-6-20(29-21)25(2,3)34;3-1-2(4)5/h4-9,13-14,35,38H,1,10-12,15-16H2,2-3H3,(H,28,29,31);4-9,13,15,26,34H,1,10-12,14H2,2-3H3,(H,27,28,30);3H,1H2,(H,4,5). The van der Waals surface area contributed by atoms with Gasteiger partial charge in [0.15, 0.2) is 22.9 Å². The molecule has 23 heteroatoms. The molecule has 2 aromatic carbocycles. The number of hydrogen-bond acceptors (Lipinski definition) is 17. The molecule has 0 bridgehead atoms. The number of nitrogens with one attached hydrogen (secondary N) is 3. The molecular weight excluding hydrogens is 989 g/mol. The predicted octanol–water partition coefficient (Wildman–Crippen LogP) is 3.85. The third-order valence-electron chi connectivity index (χ3n) is 12.6. The molecule has 77 heavy (non-hydrogen) atoms. The fraction of sp³-hybridized carbons (Fsp3) is 0.296. The minimum atomic E-state index is -1.19. The van der Waals surface area contributed by atoms with E-state index in [0.29, 0.717) is 70.5 Å². The van der Waals surface area contributed by atoms with Gasteiger partial charge in [0.1, 0.15) is 35.2 Å². The second-order valence-corrected chi connectivity index (χ2v) is 19.1. The van der Waals surface area contributed by atoms with Gasteiger partial charge in [0.25, 0.3) is 11.1 Å². The predicted molar refractivity (Wildman–Crippen MR) is 289 cm³/mol. The molecule has 23 nitrogen and oxygen atoms in total. The van der Waals surface area contributed by atoms with Crippen molar-refractivity contribution in [2.45, 2.75) is 77.9 Å². The SMILES string of the molecule is C=CCn1c(=O)c2cnc(Nc3ccc4c(c3)CN(C(=O)CO)CC4)nc2n1-c1cccc(C(C)(C)O)n1.C=CCn1c(=O)c2cnc(Nc3ccc4c(c3)CNCC4)nc2n1-c1cccc(C(C)(C)O)n1.O=C(O)CO. The summed E-state index contributed by atoms with van der Waals surface area (Å²) < 4.78 is 6.24. The summed E-state index contributed by atoms with van der Waals surface area (Å²) in [6.45, 7) is 16.2. The fourth-order valence-electron chi connectivity index (χ4n) is 8.75. The average molecular weight is 1050 g/mol. The number of aliphatic carboxylic acids is 1. The van der Waals surface area contributed by atoms with Gasteiger partial charge in [-0.2, -0.15) is 9.97 Å². The van der Waals surface area contributed by atoms with Crippen molar-refractivity contribution in [1.82, 2.24) is 58.8 Å². The summed E-state index contributed by atoms with van der Waals surface area (Å²) in [7, 11) is 0. The number of aliphatic hydroxyl groups is 4. The number of rotatable bonds is 14. The maximum Gasteiger partial charge on any atom is 0.329 e. The molecule has 0 spiro atoms. The smallest absolute Gasteiger partial charge is 0.329 e. The van der Waals surface area contributed by atoms with Crippen LogP contribution in [-0.4, -0.2) is 117 Å². The monoisotopic (exact) mass is 1050 g/mol. The lowest BCUT2D eigenvalue weighted by molar-refractivity contribution is -0.140. The van der Waals surface area contributed by atoms with Crippen LogP contribution in [0.25, 0.3) is 33.7 Å². The molecule has 2 aliphatic heterocycles. The number of nitrogens with zero attached hydrogens (tertiary/aromatic N) is 11. The van der Waals surface area contributed by atoms with Gasteiger partial charge in [-0.15, -0.1) is 13.2 Å². The van der Waals surface area contributed by atoms with Crippen LogP contribution in [0.1, 0.15) is 61.3 Å². The lowest BCUT2D eigenvalue weighted by Gasteiger charge is -2.28. The molecule has 0 fully saturated rings. The molecule has 0 atom stereocenters. The van der Waals surface area contributed by atoms with Gasteiger partial charge in [-0.3, -0.25) is 14.4 Å². The van der Waals surface area contributed by atoms with Crippen LogP contribution in [0.15, 0.2) is 120 Å². The first kappa shape index (κ1) is 54.5. The quantitative estimate of drug-likeness (QED) is 0.0717. The van der Waals surface area contributed by atoms with Crippen LogP contribution in [0.4, 0.5) is 23.3 Å². The fourth-order valence-corrected chi connectivity index (χ4v) is 8.75. The van der Waals surface area contributed by atoms with Crippen molar-refractivity contribution in [2.75, 3.05) is 36.9 Å². The summed E-state index contributed by atoms with van der Waals surface area (Å²) in [6.07, 6.45) is 7.98.